The van der Waals surface area contributed by atoms with Gasteiger partial charge in [0.25, 0.3) is 11.8 Å². The highest BCUT2D eigenvalue weighted by Crippen LogP contribution is 2.29. The van der Waals surface area contributed by atoms with Crippen LogP contribution in [0.25, 0.3) is 0 Å². The molecule has 1 saturated carbocycles. The van der Waals surface area contributed by atoms with Crippen molar-refractivity contribution < 1.29 is 9.59 Å². The molecule has 1 aliphatic heterocycles. The van der Waals surface area contributed by atoms with Gasteiger partial charge in [0.2, 0.25) is 5.43 Å². The molecule has 1 atom stereocenters. The zero-order valence-corrected chi connectivity index (χ0v) is 18.2. The number of thiophene rings is 1. The normalized spacial score (nSPS) is 18.4. The summed E-state index contributed by atoms with van der Waals surface area (Å²) in [5, 5.41) is 4.90. The van der Waals surface area contributed by atoms with Gasteiger partial charge in [0.05, 0.1) is 6.04 Å². The lowest BCUT2D eigenvalue weighted by Crippen LogP contribution is -2.40. The van der Waals surface area contributed by atoms with Crippen LogP contribution in [0.2, 0.25) is 0 Å². The minimum atomic E-state index is -0.462. The molecule has 0 spiro atoms. The summed E-state index contributed by atoms with van der Waals surface area (Å²) in [4.78, 5) is 42.2. The van der Waals surface area contributed by atoms with Crippen LogP contribution in [-0.4, -0.2) is 34.4 Å². The second kappa shape index (κ2) is 9.16. The summed E-state index contributed by atoms with van der Waals surface area (Å²) in [5.41, 5.74) is -0.274. The number of hydrogen-bond donors (Lipinski definition) is 1. The van der Waals surface area contributed by atoms with Gasteiger partial charge >= 0.3 is 0 Å². The number of rotatable bonds is 5. The van der Waals surface area contributed by atoms with Gasteiger partial charge < -0.3 is 14.8 Å². The number of nitrogens with zero attached hydrogens (tertiary/aromatic N) is 2. The second-order valence-corrected chi connectivity index (χ2v) is 9.34. The van der Waals surface area contributed by atoms with Crippen molar-refractivity contribution in [2.75, 3.05) is 13.1 Å². The Labute approximate surface area is 180 Å². The van der Waals surface area contributed by atoms with E-state index in [1.165, 1.54) is 0 Å². The third-order valence-electron chi connectivity index (χ3n) is 6.23. The molecule has 1 aliphatic carbocycles. The Morgan fingerprint density at radius 1 is 1.07 bits per heavy atom. The van der Waals surface area contributed by atoms with Crippen LogP contribution in [0, 0.1) is 0 Å². The molecule has 1 saturated heterocycles. The van der Waals surface area contributed by atoms with Crippen LogP contribution < -0.4 is 10.7 Å². The minimum Gasteiger partial charge on any atom is -0.349 e. The van der Waals surface area contributed by atoms with Crippen LogP contribution in [0.4, 0.5) is 0 Å². The Morgan fingerprint density at radius 2 is 1.77 bits per heavy atom. The molecular weight excluding hydrogens is 398 g/mol. The van der Waals surface area contributed by atoms with Gasteiger partial charge in [-0.15, -0.1) is 11.3 Å². The largest absolute Gasteiger partial charge is 0.349 e. The van der Waals surface area contributed by atoms with E-state index < -0.39 is 11.3 Å². The number of amides is 2. The first kappa shape index (κ1) is 20.8. The topological polar surface area (TPSA) is 71.4 Å². The standard InChI is InChI=1S/C23H29N3O3S/c1-16(20-10-7-13-30-20)24-22(28)18-14-26(17-8-3-4-9-17)15-19(21(18)27)23(29)25-11-5-2-6-12-25/h7,10,13-17H,2-6,8-9,11-12H2,1H3,(H,24,28)/t16-/m0/s1. The average Bonchev–Trinajstić information content (AvgIpc) is 3.48. The van der Waals surface area contributed by atoms with Gasteiger partial charge in [-0.05, 0) is 50.5 Å². The third kappa shape index (κ3) is 4.36. The van der Waals surface area contributed by atoms with Crippen molar-refractivity contribution >= 4 is 23.2 Å². The maximum atomic E-state index is 13.2. The minimum absolute atomic E-state index is 0.0631. The van der Waals surface area contributed by atoms with E-state index in [0.29, 0.717) is 13.1 Å². The van der Waals surface area contributed by atoms with Gasteiger partial charge in [-0.25, -0.2) is 0 Å². The van der Waals surface area contributed by atoms with Crippen LogP contribution in [0.15, 0.2) is 34.7 Å². The second-order valence-electron chi connectivity index (χ2n) is 8.36. The van der Waals surface area contributed by atoms with Gasteiger partial charge in [0.15, 0.2) is 0 Å². The predicted octanol–water partition coefficient (Wildman–Crippen LogP) is 4.14. The van der Waals surface area contributed by atoms with E-state index in [0.717, 1.165) is 49.8 Å². The maximum absolute atomic E-state index is 13.2. The van der Waals surface area contributed by atoms with Gasteiger partial charge in [0.1, 0.15) is 11.1 Å². The monoisotopic (exact) mass is 427 g/mol. The fraction of sp³-hybridized carbons (Fsp3) is 0.522. The summed E-state index contributed by atoms with van der Waals surface area (Å²) >= 11 is 1.56. The Hall–Kier alpha value is -2.41. The van der Waals surface area contributed by atoms with E-state index in [1.807, 2.05) is 29.0 Å². The molecule has 2 amide bonds. The van der Waals surface area contributed by atoms with Crippen molar-refractivity contribution in [3.8, 4) is 0 Å². The third-order valence-corrected chi connectivity index (χ3v) is 7.28. The van der Waals surface area contributed by atoms with Crippen LogP contribution in [0.1, 0.15) is 89.5 Å². The fourth-order valence-electron chi connectivity index (χ4n) is 4.48. The lowest BCUT2D eigenvalue weighted by Gasteiger charge is -2.27. The highest BCUT2D eigenvalue weighted by molar-refractivity contribution is 7.10. The first-order chi connectivity index (χ1) is 14.5. The first-order valence-corrected chi connectivity index (χ1v) is 11.8. The SMILES string of the molecule is C[C@H](NC(=O)c1cn(C2CCCC2)cc(C(=O)N2CCCCC2)c1=O)c1cccs1. The molecule has 0 bridgehead atoms. The van der Waals surface area contributed by atoms with E-state index >= 15 is 0 Å². The smallest absolute Gasteiger partial charge is 0.259 e. The molecule has 3 heterocycles. The van der Waals surface area contributed by atoms with Gasteiger partial charge in [-0.2, -0.15) is 0 Å². The zero-order valence-electron chi connectivity index (χ0n) is 17.4. The van der Waals surface area contributed by atoms with E-state index in [9.17, 15) is 14.4 Å². The van der Waals surface area contributed by atoms with Crippen molar-refractivity contribution in [1.29, 1.82) is 0 Å². The molecular formula is C23H29N3O3S. The molecule has 6 nitrogen and oxygen atoms in total. The molecule has 7 heteroatoms. The summed E-state index contributed by atoms with van der Waals surface area (Å²) in [7, 11) is 0. The van der Waals surface area contributed by atoms with E-state index in [-0.39, 0.29) is 29.1 Å². The molecule has 160 valence electrons. The van der Waals surface area contributed by atoms with Crippen molar-refractivity contribution in [1.82, 2.24) is 14.8 Å². The predicted molar refractivity (Wildman–Crippen MR) is 118 cm³/mol. The molecule has 2 fully saturated rings. The first-order valence-electron chi connectivity index (χ1n) is 10.9. The number of nitrogens with one attached hydrogen (secondary N) is 1. The van der Waals surface area contributed by atoms with Crippen LogP contribution in [-0.2, 0) is 0 Å². The number of piperidine rings is 1. The van der Waals surface area contributed by atoms with Crippen LogP contribution in [0.3, 0.4) is 0 Å². The summed E-state index contributed by atoms with van der Waals surface area (Å²) in [5.74, 6) is -0.659. The number of hydrogen-bond acceptors (Lipinski definition) is 4. The van der Waals surface area contributed by atoms with Crippen molar-refractivity contribution in [2.45, 2.75) is 64.0 Å². The number of likely N-dealkylation sites (tertiary alicyclic amines) is 1. The fourth-order valence-corrected chi connectivity index (χ4v) is 5.21. The van der Waals surface area contributed by atoms with Gasteiger partial charge in [-0.1, -0.05) is 18.9 Å². The lowest BCUT2D eigenvalue weighted by molar-refractivity contribution is 0.0722. The summed E-state index contributed by atoms with van der Waals surface area (Å²) in [6.45, 7) is 3.25. The zero-order chi connectivity index (χ0) is 21.1. The highest BCUT2D eigenvalue weighted by atomic mass is 32.1. The molecule has 2 aromatic heterocycles. The average molecular weight is 428 g/mol. The molecule has 2 aliphatic rings. The van der Waals surface area contributed by atoms with Gasteiger partial charge in [0, 0.05) is 36.4 Å². The molecule has 4 rings (SSSR count). The number of pyridine rings is 1. The Bertz CT molecular complexity index is 955. The summed E-state index contributed by atoms with van der Waals surface area (Å²) < 4.78 is 1.94. The Kier molecular flexibility index (Phi) is 6.37. The lowest BCUT2D eigenvalue weighted by atomic mass is 10.1. The molecule has 0 radical (unpaired) electrons. The van der Waals surface area contributed by atoms with E-state index in [2.05, 4.69) is 5.32 Å². The van der Waals surface area contributed by atoms with E-state index in [1.54, 1.807) is 28.6 Å². The van der Waals surface area contributed by atoms with E-state index in [4.69, 9.17) is 0 Å². The van der Waals surface area contributed by atoms with Crippen LogP contribution >= 0.6 is 11.3 Å². The van der Waals surface area contributed by atoms with Gasteiger partial charge in [-0.3, -0.25) is 14.4 Å². The Morgan fingerprint density at radius 3 is 2.43 bits per heavy atom. The highest BCUT2D eigenvalue weighted by Gasteiger charge is 2.27. The van der Waals surface area contributed by atoms with Crippen molar-refractivity contribution in [3.63, 3.8) is 0 Å². The Balaban J connectivity index is 1.67. The molecule has 0 unspecified atom stereocenters. The van der Waals surface area contributed by atoms with Crippen molar-refractivity contribution in [3.05, 3.63) is 56.1 Å². The van der Waals surface area contributed by atoms with Crippen LogP contribution in [0.5, 0.6) is 0 Å². The number of aromatic nitrogens is 1. The van der Waals surface area contributed by atoms with Crippen molar-refractivity contribution in [2.24, 2.45) is 0 Å². The summed E-state index contributed by atoms with van der Waals surface area (Å²) in [6, 6.07) is 3.94. The molecule has 2 aromatic rings. The number of carbonyl (C=O) groups excluding carboxylic acids is 2. The molecule has 0 aromatic carbocycles. The molecule has 1 N–H and O–H groups in total. The summed E-state index contributed by atoms with van der Waals surface area (Å²) in [6.07, 6.45) is 10.6. The molecule has 30 heavy (non-hydrogen) atoms. The quantitative estimate of drug-likeness (QED) is 0.779. The number of carbonyl (C=O) groups is 2. The maximum Gasteiger partial charge on any atom is 0.259 e.